The Labute approximate surface area is 91.8 Å². The maximum Gasteiger partial charge on any atom is 0.166 e. The highest BCUT2D eigenvalue weighted by atomic mass is 32.1. The van der Waals surface area contributed by atoms with Gasteiger partial charge in [-0.25, -0.2) is 0 Å². The molecule has 80 valence electrons. The van der Waals surface area contributed by atoms with Crippen LogP contribution < -0.4 is 10.6 Å². The molecule has 0 radical (unpaired) electrons. The van der Waals surface area contributed by atoms with Crippen molar-refractivity contribution in [3.05, 3.63) is 0 Å². The molecule has 2 aliphatic rings. The molecule has 0 aromatic rings. The minimum atomic E-state index is 0.438. The molecule has 1 atom stereocenters. The zero-order chi connectivity index (χ0) is 10.2. The Morgan fingerprint density at radius 2 is 2.00 bits per heavy atom. The van der Waals surface area contributed by atoms with Crippen LogP contribution in [0.5, 0.6) is 0 Å². The van der Waals surface area contributed by atoms with Gasteiger partial charge < -0.3 is 10.6 Å². The third kappa shape index (κ3) is 2.02. The Bertz CT molecular complexity index is 231. The van der Waals surface area contributed by atoms with Gasteiger partial charge in [0.15, 0.2) is 5.11 Å². The number of hydrogen-bond donors (Lipinski definition) is 2. The van der Waals surface area contributed by atoms with E-state index in [4.69, 9.17) is 12.2 Å². The van der Waals surface area contributed by atoms with Gasteiger partial charge >= 0.3 is 0 Å². The van der Waals surface area contributed by atoms with Crippen LogP contribution in [0.15, 0.2) is 0 Å². The zero-order valence-corrected chi connectivity index (χ0v) is 9.91. The molecule has 2 nitrogen and oxygen atoms in total. The van der Waals surface area contributed by atoms with E-state index in [2.05, 4.69) is 24.5 Å². The van der Waals surface area contributed by atoms with Gasteiger partial charge in [0.1, 0.15) is 0 Å². The van der Waals surface area contributed by atoms with E-state index in [0.717, 1.165) is 5.11 Å². The van der Waals surface area contributed by atoms with Crippen LogP contribution >= 0.6 is 12.2 Å². The van der Waals surface area contributed by atoms with Gasteiger partial charge in [-0.15, -0.1) is 0 Å². The van der Waals surface area contributed by atoms with Gasteiger partial charge in [0.25, 0.3) is 0 Å². The number of rotatable bonds is 2. The minimum absolute atomic E-state index is 0.438. The molecule has 0 aromatic carbocycles. The summed E-state index contributed by atoms with van der Waals surface area (Å²) in [6, 6.07) is 1.11. The first-order chi connectivity index (χ1) is 6.62. The maximum absolute atomic E-state index is 5.24. The van der Waals surface area contributed by atoms with Gasteiger partial charge in [-0.1, -0.05) is 12.8 Å². The molecule has 2 fully saturated rings. The second-order valence-electron chi connectivity index (χ2n) is 5.10. The first kappa shape index (κ1) is 10.2. The Morgan fingerprint density at radius 1 is 1.36 bits per heavy atom. The van der Waals surface area contributed by atoms with Crippen LogP contribution in [0, 0.1) is 5.41 Å². The van der Waals surface area contributed by atoms with Gasteiger partial charge in [0.05, 0.1) is 0 Å². The third-order valence-corrected chi connectivity index (χ3v) is 3.75. The molecular formula is C11H20N2S. The highest BCUT2D eigenvalue weighted by molar-refractivity contribution is 7.80. The molecule has 14 heavy (non-hydrogen) atoms. The molecule has 2 N–H and O–H groups in total. The van der Waals surface area contributed by atoms with Crippen LogP contribution in [0.2, 0.25) is 0 Å². The van der Waals surface area contributed by atoms with Crippen molar-refractivity contribution in [1.82, 2.24) is 10.6 Å². The molecule has 0 bridgehead atoms. The molecule has 0 amide bonds. The number of hydrogen-bond acceptors (Lipinski definition) is 1. The highest BCUT2D eigenvalue weighted by Crippen LogP contribution is 2.57. The third-order valence-electron chi connectivity index (χ3n) is 3.51. The summed E-state index contributed by atoms with van der Waals surface area (Å²) in [6.07, 6.45) is 7.00. The normalized spacial score (nSPS) is 28.1. The Hall–Kier alpha value is -0.310. The van der Waals surface area contributed by atoms with Crippen LogP contribution in [0.1, 0.15) is 46.0 Å². The summed E-state index contributed by atoms with van der Waals surface area (Å²) in [6.45, 7) is 4.23. The van der Waals surface area contributed by atoms with E-state index in [9.17, 15) is 0 Å². The lowest BCUT2D eigenvalue weighted by atomic mass is 10.1. The van der Waals surface area contributed by atoms with E-state index in [1.165, 1.54) is 32.1 Å². The largest absolute Gasteiger partial charge is 0.361 e. The molecule has 0 heterocycles. The van der Waals surface area contributed by atoms with Crippen LogP contribution in [0.4, 0.5) is 0 Å². The average molecular weight is 212 g/mol. The summed E-state index contributed by atoms with van der Waals surface area (Å²) in [5, 5.41) is 7.52. The van der Waals surface area contributed by atoms with E-state index in [-0.39, 0.29) is 0 Å². The summed E-state index contributed by atoms with van der Waals surface area (Å²) < 4.78 is 0. The average Bonchev–Trinajstić information content (AvgIpc) is 2.56. The SMILES string of the molecule is CC(C)NC(=S)NC1CC12CCCC2. The van der Waals surface area contributed by atoms with Crippen LogP contribution in [0.25, 0.3) is 0 Å². The first-order valence-electron chi connectivity index (χ1n) is 5.69. The molecule has 2 rings (SSSR count). The first-order valence-corrected chi connectivity index (χ1v) is 6.10. The molecule has 2 aliphatic carbocycles. The van der Waals surface area contributed by atoms with E-state index in [0.29, 0.717) is 17.5 Å². The Kier molecular flexibility index (Phi) is 2.69. The Morgan fingerprint density at radius 3 is 2.57 bits per heavy atom. The van der Waals surface area contributed by atoms with Crippen molar-refractivity contribution < 1.29 is 0 Å². The fraction of sp³-hybridized carbons (Fsp3) is 0.909. The maximum atomic E-state index is 5.24. The molecule has 0 saturated heterocycles. The molecule has 1 spiro atoms. The Balaban J connectivity index is 1.75. The molecule has 0 aromatic heterocycles. The predicted octanol–water partition coefficient (Wildman–Crippen LogP) is 2.19. The highest BCUT2D eigenvalue weighted by Gasteiger charge is 2.55. The second-order valence-corrected chi connectivity index (χ2v) is 5.51. The minimum Gasteiger partial charge on any atom is -0.361 e. The van der Waals surface area contributed by atoms with Crippen molar-refractivity contribution >= 4 is 17.3 Å². The lowest BCUT2D eigenvalue weighted by molar-refractivity contribution is 0.495. The van der Waals surface area contributed by atoms with Gasteiger partial charge in [-0.05, 0) is 50.7 Å². The van der Waals surface area contributed by atoms with Crippen LogP contribution in [-0.2, 0) is 0 Å². The molecule has 0 aliphatic heterocycles. The van der Waals surface area contributed by atoms with Crippen molar-refractivity contribution in [1.29, 1.82) is 0 Å². The molecule has 1 unspecified atom stereocenters. The van der Waals surface area contributed by atoms with Gasteiger partial charge in [0.2, 0.25) is 0 Å². The summed E-state index contributed by atoms with van der Waals surface area (Å²) in [5.41, 5.74) is 0.642. The topological polar surface area (TPSA) is 24.1 Å². The zero-order valence-electron chi connectivity index (χ0n) is 9.10. The van der Waals surface area contributed by atoms with Crippen LogP contribution in [-0.4, -0.2) is 17.2 Å². The quantitative estimate of drug-likeness (QED) is 0.686. The predicted molar refractivity (Wildman–Crippen MR) is 63.3 cm³/mol. The molecule has 3 heteroatoms. The van der Waals surface area contributed by atoms with Crippen molar-refractivity contribution in [2.75, 3.05) is 0 Å². The number of nitrogens with one attached hydrogen (secondary N) is 2. The van der Waals surface area contributed by atoms with Crippen molar-refractivity contribution in [3.63, 3.8) is 0 Å². The smallest absolute Gasteiger partial charge is 0.166 e. The van der Waals surface area contributed by atoms with Crippen molar-refractivity contribution in [2.24, 2.45) is 5.41 Å². The van der Waals surface area contributed by atoms with Crippen LogP contribution in [0.3, 0.4) is 0 Å². The van der Waals surface area contributed by atoms with Gasteiger partial charge in [-0.3, -0.25) is 0 Å². The van der Waals surface area contributed by atoms with E-state index in [1.807, 2.05) is 0 Å². The lowest BCUT2D eigenvalue weighted by Crippen LogP contribution is -2.41. The van der Waals surface area contributed by atoms with E-state index in [1.54, 1.807) is 0 Å². The number of thiocarbonyl (C=S) groups is 1. The molecule has 2 saturated carbocycles. The monoisotopic (exact) mass is 212 g/mol. The summed E-state index contributed by atoms with van der Waals surface area (Å²) >= 11 is 5.24. The van der Waals surface area contributed by atoms with E-state index >= 15 is 0 Å². The van der Waals surface area contributed by atoms with Crippen molar-refractivity contribution in [2.45, 2.75) is 58.0 Å². The van der Waals surface area contributed by atoms with Gasteiger partial charge in [-0.2, -0.15) is 0 Å². The summed E-state index contributed by atoms with van der Waals surface area (Å²) in [7, 11) is 0. The summed E-state index contributed by atoms with van der Waals surface area (Å²) in [4.78, 5) is 0. The lowest BCUT2D eigenvalue weighted by Gasteiger charge is -2.15. The van der Waals surface area contributed by atoms with Gasteiger partial charge in [0, 0.05) is 12.1 Å². The summed E-state index contributed by atoms with van der Waals surface area (Å²) in [5.74, 6) is 0. The fourth-order valence-corrected chi connectivity index (χ4v) is 3.02. The van der Waals surface area contributed by atoms with Crippen molar-refractivity contribution in [3.8, 4) is 0 Å². The standard InChI is InChI=1S/C11H20N2S/c1-8(2)12-10(14)13-9-7-11(9)5-3-4-6-11/h8-9H,3-7H2,1-2H3,(H2,12,13,14). The second kappa shape index (κ2) is 3.69. The molecular weight excluding hydrogens is 192 g/mol. The van der Waals surface area contributed by atoms with E-state index < -0.39 is 0 Å². The fourth-order valence-electron chi connectivity index (χ4n) is 2.65.